The SMILES string of the molecule is CNc1ccc([N+](=O)[O-])cc1COCC1CCCCO1. The van der Waals surface area contributed by atoms with E-state index in [0.29, 0.717) is 13.2 Å². The van der Waals surface area contributed by atoms with E-state index < -0.39 is 4.92 Å². The lowest BCUT2D eigenvalue weighted by Crippen LogP contribution is -2.24. The zero-order valence-electron chi connectivity index (χ0n) is 11.6. The van der Waals surface area contributed by atoms with Gasteiger partial charge >= 0.3 is 0 Å². The molecule has 0 bridgehead atoms. The summed E-state index contributed by atoms with van der Waals surface area (Å²) < 4.78 is 11.2. The van der Waals surface area contributed by atoms with E-state index in [1.165, 1.54) is 12.5 Å². The normalized spacial score (nSPS) is 18.8. The summed E-state index contributed by atoms with van der Waals surface area (Å²) >= 11 is 0. The monoisotopic (exact) mass is 280 g/mol. The third kappa shape index (κ3) is 3.91. The minimum atomic E-state index is -0.396. The molecule has 0 aliphatic carbocycles. The van der Waals surface area contributed by atoms with Crippen molar-refractivity contribution in [1.82, 2.24) is 0 Å². The fourth-order valence-electron chi connectivity index (χ4n) is 2.30. The Hall–Kier alpha value is -1.66. The second-order valence-corrected chi connectivity index (χ2v) is 4.85. The van der Waals surface area contributed by atoms with Crippen LogP contribution in [0.5, 0.6) is 0 Å². The van der Waals surface area contributed by atoms with Gasteiger partial charge in [-0.1, -0.05) is 0 Å². The molecule has 6 nitrogen and oxygen atoms in total. The number of ether oxygens (including phenoxy) is 2. The lowest BCUT2D eigenvalue weighted by Gasteiger charge is -2.22. The molecule has 1 aliphatic rings. The van der Waals surface area contributed by atoms with Crippen molar-refractivity contribution in [3.63, 3.8) is 0 Å². The zero-order chi connectivity index (χ0) is 14.4. The third-order valence-electron chi connectivity index (χ3n) is 3.40. The molecule has 2 rings (SSSR count). The molecule has 1 fully saturated rings. The van der Waals surface area contributed by atoms with Gasteiger partial charge in [-0.05, 0) is 25.3 Å². The largest absolute Gasteiger partial charge is 0.388 e. The third-order valence-corrected chi connectivity index (χ3v) is 3.40. The predicted octanol–water partition coefficient (Wildman–Crippen LogP) is 2.72. The number of non-ortho nitro benzene ring substituents is 1. The van der Waals surface area contributed by atoms with Crippen LogP contribution in [-0.4, -0.2) is 31.3 Å². The average molecular weight is 280 g/mol. The summed E-state index contributed by atoms with van der Waals surface area (Å²) in [7, 11) is 1.79. The van der Waals surface area contributed by atoms with E-state index in [4.69, 9.17) is 9.47 Å². The van der Waals surface area contributed by atoms with Crippen LogP contribution in [0, 0.1) is 10.1 Å². The van der Waals surface area contributed by atoms with Gasteiger partial charge in [0, 0.05) is 37.0 Å². The van der Waals surface area contributed by atoms with Gasteiger partial charge in [0.2, 0.25) is 0 Å². The molecule has 20 heavy (non-hydrogen) atoms. The van der Waals surface area contributed by atoms with Gasteiger partial charge in [-0.15, -0.1) is 0 Å². The fourth-order valence-corrected chi connectivity index (χ4v) is 2.30. The Kier molecular flexibility index (Phi) is 5.31. The molecule has 1 N–H and O–H groups in total. The number of nitro groups is 1. The van der Waals surface area contributed by atoms with E-state index in [1.807, 2.05) is 0 Å². The first kappa shape index (κ1) is 14.7. The number of benzene rings is 1. The van der Waals surface area contributed by atoms with Gasteiger partial charge in [0.1, 0.15) is 0 Å². The number of hydrogen-bond acceptors (Lipinski definition) is 5. The molecule has 1 saturated heterocycles. The van der Waals surface area contributed by atoms with Gasteiger partial charge in [-0.3, -0.25) is 10.1 Å². The van der Waals surface area contributed by atoms with Crippen molar-refractivity contribution in [2.24, 2.45) is 0 Å². The Labute approximate surface area is 118 Å². The molecule has 1 unspecified atom stereocenters. The number of nitrogens with one attached hydrogen (secondary N) is 1. The van der Waals surface area contributed by atoms with E-state index in [-0.39, 0.29) is 11.8 Å². The van der Waals surface area contributed by atoms with Crippen LogP contribution >= 0.6 is 0 Å². The van der Waals surface area contributed by atoms with Crippen molar-refractivity contribution >= 4 is 11.4 Å². The number of nitrogens with zero attached hydrogens (tertiary/aromatic N) is 1. The summed E-state index contributed by atoms with van der Waals surface area (Å²) in [4.78, 5) is 10.4. The highest BCUT2D eigenvalue weighted by Gasteiger charge is 2.15. The van der Waals surface area contributed by atoms with Crippen LogP contribution in [0.15, 0.2) is 18.2 Å². The van der Waals surface area contributed by atoms with Gasteiger partial charge in [0.25, 0.3) is 5.69 Å². The Morgan fingerprint density at radius 1 is 1.50 bits per heavy atom. The minimum absolute atomic E-state index is 0.0801. The number of rotatable bonds is 6. The van der Waals surface area contributed by atoms with E-state index >= 15 is 0 Å². The molecule has 1 heterocycles. The lowest BCUT2D eigenvalue weighted by atomic mass is 10.1. The maximum absolute atomic E-state index is 10.8. The Bertz CT molecular complexity index is 458. The van der Waals surface area contributed by atoms with Gasteiger partial charge in [0.05, 0.1) is 24.2 Å². The second kappa shape index (κ2) is 7.21. The molecule has 1 aromatic carbocycles. The molecule has 1 atom stereocenters. The quantitative estimate of drug-likeness (QED) is 0.640. The number of nitro benzene ring substituents is 1. The minimum Gasteiger partial charge on any atom is -0.388 e. The van der Waals surface area contributed by atoms with Crippen LogP contribution in [-0.2, 0) is 16.1 Å². The van der Waals surface area contributed by atoms with Crippen molar-refractivity contribution in [1.29, 1.82) is 0 Å². The molecule has 0 amide bonds. The van der Waals surface area contributed by atoms with Crippen LogP contribution < -0.4 is 5.32 Å². The van der Waals surface area contributed by atoms with E-state index in [1.54, 1.807) is 19.2 Å². The summed E-state index contributed by atoms with van der Waals surface area (Å²) in [5.74, 6) is 0. The molecule has 0 aromatic heterocycles. The molecular formula is C14H20N2O4. The molecule has 1 aliphatic heterocycles. The van der Waals surface area contributed by atoms with Gasteiger partial charge in [-0.2, -0.15) is 0 Å². The van der Waals surface area contributed by atoms with Crippen LogP contribution in [0.25, 0.3) is 0 Å². The van der Waals surface area contributed by atoms with Crippen molar-refractivity contribution in [2.75, 3.05) is 25.6 Å². The van der Waals surface area contributed by atoms with Gasteiger partial charge < -0.3 is 14.8 Å². The average Bonchev–Trinajstić information content (AvgIpc) is 2.48. The Morgan fingerprint density at radius 3 is 3.00 bits per heavy atom. The van der Waals surface area contributed by atoms with Crippen LogP contribution in [0.2, 0.25) is 0 Å². The molecule has 0 radical (unpaired) electrons. The van der Waals surface area contributed by atoms with Crippen LogP contribution in [0.3, 0.4) is 0 Å². The number of hydrogen-bond donors (Lipinski definition) is 1. The maximum Gasteiger partial charge on any atom is 0.269 e. The molecule has 6 heteroatoms. The molecule has 0 saturated carbocycles. The van der Waals surface area contributed by atoms with Crippen molar-refractivity contribution in [3.8, 4) is 0 Å². The fraction of sp³-hybridized carbons (Fsp3) is 0.571. The molecule has 0 spiro atoms. The zero-order valence-corrected chi connectivity index (χ0v) is 11.6. The second-order valence-electron chi connectivity index (χ2n) is 4.85. The van der Waals surface area contributed by atoms with Crippen LogP contribution in [0.4, 0.5) is 11.4 Å². The summed E-state index contributed by atoms with van der Waals surface area (Å²) in [5, 5.41) is 13.8. The van der Waals surface area contributed by atoms with E-state index in [0.717, 1.165) is 30.7 Å². The topological polar surface area (TPSA) is 73.6 Å². The lowest BCUT2D eigenvalue weighted by molar-refractivity contribution is -0.384. The molecular weight excluding hydrogens is 260 g/mol. The highest BCUT2D eigenvalue weighted by atomic mass is 16.6. The summed E-state index contributed by atoms with van der Waals surface area (Å²) in [5.41, 5.74) is 1.72. The van der Waals surface area contributed by atoms with E-state index in [2.05, 4.69) is 5.32 Å². The number of anilines is 1. The van der Waals surface area contributed by atoms with Gasteiger partial charge in [-0.25, -0.2) is 0 Å². The summed E-state index contributed by atoms with van der Waals surface area (Å²) in [6.45, 7) is 1.68. The molecule has 1 aromatic rings. The smallest absolute Gasteiger partial charge is 0.269 e. The highest BCUT2D eigenvalue weighted by molar-refractivity contribution is 5.55. The van der Waals surface area contributed by atoms with Gasteiger partial charge in [0.15, 0.2) is 0 Å². The first-order valence-electron chi connectivity index (χ1n) is 6.85. The summed E-state index contributed by atoms with van der Waals surface area (Å²) in [6, 6.07) is 4.74. The van der Waals surface area contributed by atoms with Crippen molar-refractivity contribution in [3.05, 3.63) is 33.9 Å². The van der Waals surface area contributed by atoms with E-state index in [9.17, 15) is 10.1 Å². The first-order valence-corrected chi connectivity index (χ1v) is 6.85. The van der Waals surface area contributed by atoms with Crippen molar-refractivity contribution in [2.45, 2.75) is 32.0 Å². The Balaban J connectivity index is 1.93. The summed E-state index contributed by atoms with van der Waals surface area (Å²) in [6.07, 6.45) is 3.46. The van der Waals surface area contributed by atoms with Crippen molar-refractivity contribution < 1.29 is 14.4 Å². The standard InChI is InChI=1S/C14H20N2O4/c1-15-14-6-5-12(16(17)18)8-11(14)9-19-10-13-4-2-3-7-20-13/h5-6,8,13,15H,2-4,7,9-10H2,1H3. The molecule has 110 valence electrons. The predicted molar refractivity (Wildman–Crippen MR) is 75.9 cm³/mol. The Morgan fingerprint density at radius 2 is 2.35 bits per heavy atom. The highest BCUT2D eigenvalue weighted by Crippen LogP contribution is 2.23. The maximum atomic E-state index is 10.8. The first-order chi connectivity index (χ1) is 9.70. The van der Waals surface area contributed by atoms with Crippen LogP contribution in [0.1, 0.15) is 24.8 Å².